The van der Waals surface area contributed by atoms with Crippen molar-refractivity contribution in [2.75, 3.05) is 5.32 Å². The normalized spacial score (nSPS) is 10.5. The lowest BCUT2D eigenvalue weighted by Crippen LogP contribution is -2.13. The number of benzene rings is 2. The van der Waals surface area contributed by atoms with Gasteiger partial charge in [-0.1, -0.05) is 29.3 Å². The molecule has 0 heterocycles. The van der Waals surface area contributed by atoms with Gasteiger partial charge >= 0.3 is 0 Å². The van der Waals surface area contributed by atoms with E-state index in [0.29, 0.717) is 22.5 Å². The third kappa shape index (κ3) is 4.41. The third-order valence-corrected chi connectivity index (χ3v) is 3.57. The average Bonchev–Trinajstić information content (AvgIpc) is 2.43. The molecule has 0 bridgehead atoms. The van der Waals surface area contributed by atoms with E-state index in [2.05, 4.69) is 5.32 Å². The molecule has 0 aliphatic heterocycles. The second kappa shape index (κ2) is 6.87. The number of amides is 1. The molecule has 0 radical (unpaired) electrons. The number of carbonyl (C=O) groups is 1. The maximum Gasteiger partial charge on any atom is 0.224 e. The van der Waals surface area contributed by atoms with Gasteiger partial charge in [-0.2, -0.15) is 0 Å². The average molecular weight is 330 g/mol. The Balaban J connectivity index is 1.94. The summed E-state index contributed by atoms with van der Waals surface area (Å²) in [6.07, 6.45) is 0.584. The van der Waals surface area contributed by atoms with Crippen molar-refractivity contribution in [1.82, 2.24) is 0 Å². The molecule has 0 saturated heterocycles. The van der Waals surface area contributed by atoms with E-state index in [1.807, 2.05) is 0 Å². The Kier molecular flexibility index (Phi) is 5.15. The van der Waals surface area contributed by atoms with Gasteiger partial charge in [-0.25, -0.2) is 8.78 Å². The standard InChI is InChI=1S/C15H11Cl2F2NO/c16-11-4-1-9(7-12(11)17)2-6-15(21)20-14-5-3-10(18)8-13(14)19/h1,3-5,7-8H,2,6H2,(H,20,21). The molecule has 0 aliphatic rings. The Morgan fingerprint density at radius 2 is 1.81 bits per heavy atom. The van der Waals surface area contributed by atoms with E-state index in [1.54, 1.807) is 18.2 Å². The van der Waals surface area contributed by atoms with Crippen LogP contribution in [-0.2, 0) is 11.2 Å². The van der Waals surface area contributed by atoms with Crippen molar-refractivity contribution in [3.05, 3.63) is 63.6 Å². The molecule has 0 aliphatic carbocycles. The second-order valence-corrected chi connectivity index (χ2v) is 5.24. The van der Waals surface area contributed by atoms with Crippen molar-refractivity contribution < 1.29 is 13.6 Å². The van der Waals surface area contributed by atoms with Crippen LogP contribution in [0.4, 0.5) is 14.5 Å². The topological polar surface area (TPSA) is 29.1 Å². The fourth-order valence-corrected chi connectivity index (χ4v) is 2.08. The predicted octanol–water partition coefficient (Wildman–Crippen LogP) is 4.84. The smallest absolute Gasteiger partial charge is 0.224 e. The summed E-state index contributed by atoms with van der Waals surface area (Å²) in [5, 5.41) is 3.25. The Labute approximate surface area is 130 Å². The quantitative estimate of drug-likeness (QED) is 0.854. The van der Waals surface area contributed by atoms with Crippen molar-refractivity contribution in [2.24, 2.45) is 0 Å². The number of aryl methyl sites for hydroxylation is 1. The highest BCUT2D eigenvalue weighted by molar-refractivity contribution is 6.42. The number of hydrogen-bond acceptors (Lipinski definition) is 1. The van der Waals surface area contributed by atoms with Crippen molar-refractivity contribution in [2.45, 2.75) is 12.8 Å². The van der Waals surface area contributed by atoms with E-state index in [1.165, 1.54) is 6.07 Å². The fraction of sp³-hybridized carbons (Fsp3) is 0.133. The number of halogens is 4. The van der Waals surface area contributed by atoms with Crippen LogP contribution >= 0.6 is 23.2 Å². The Morgan fingerprint density at radius 1 is 1.05 bits per heavy atom. The van der Waals surface area contributed by atoms with E-state index in [-0.39, 0.29) is 18.0 Å². The molecule has 0 fully saturated rings. The van der Waals surface area contributed by atoms with Crippen LogP contribution < -0.4 is 5.32 Å². The molecule has 2 aromatic carbocycles. The molecule has 0 atom stereocenters. The lowest BCUT2D eigenvalue weighted by molar-refractivity contribution is -0.116. The summed E-state index contributed by atoms with van der Waals surface area (Å²) >= 11 is 11.7. The maximum atomic E-state index is 13.4. The Bertz CT molecular complexity index is 677. The summed E-state index contributed by atoms with van der Waals surface area (Å²) in [5.74, 6) is -1.87. The molecule has 2 nitrogen and oxygen atoms in total. The van der Waals surface area contributed by atoms with Crippen LogP contribution in [0.5, 0.6) is 0 Å². The molecule has 0 saturated carbocycles. The summed E-state index contributed by atoms with van der Waals surface area (Å²) in [6, 6.07) is 8.07. The molecular formula is C15H11Cl2F2NO. The van der Waals surface area contributed by atoms with Gasteiger partial charge in [0.05, 0.1) is 15.7 Å². The van der Waals surface area contributed by atoms with Crippen LogP contribution in [0.25, 0.3) is 0 Å². The number of hydrogen-bond donors (Lipinski definition) is 1. The first-order valence-electron chi connectivity index (χ1n) is 6.14. The van der Waals surface area contributed by atoms with Gasteiger partial charge in [-0.05, 0) is 36.2 Å². The minimum Gasteiger partial charge on any atom is -0.324 e. The van der Waals surface area contributed by atoms with Gasteiger partial charge in [0.2, 0.25) is 5.91 Å². The highest BCUT2D eigenvalue weighted by Crippen LogP contribution is 2.23. The van der Waals surface area contributed by atoms with Gasteiger partial charge in [0.1, 0.15) is 11.6 Å². The number of nitrogens with one attached hydrogen (secondary N) is 1. The lowest BCUT2D eigenvalue weighted by atomic mass is 10.1. The van der Waals surface area contributed by atoms with E-state index in [9.17, 15) is 13.6 Å². The highest BCUT2D eigenvalue weighted by atomic mass is 35.5. The van der Waals surface area contributed by atoms with E-state index in [4.69, 9.17) is 23.2 Å². The van der Waals surface area contributed by atoms with Crippen LogP contribution in [0.2, 0.25) is 10.0 Å². The zero-order chi connectivity index (χ0) is 15.4. The number of anilines is 1. The van der Waals surface area contributed by atoms with E-state index < -0.39 is 11.6 Å². The Hall–Kier alpha value is -1.65. The van der Waals surface area contributed by atoms with Gasteiger partial charge in [0, 0.05) is 12.5 Å². The first-order valence-corrected chi connectivity index (χ1v) is 6.90. The molecule has 0 spiro atoms. The number of rotatable bonds is 4. The molecule has 1 amide bonds. The predicted molar refractivity (Wildman–Crippen MR) is 79.8 cm³/mol. The van der Waals surface area contributed by atoms with Gasteiger partial charge in [0.25, 0.3) is 0 Å². The molecule has 0 unspecified atom stereocenters. The summed E-state index contributed by atoms with van der Waals surface area (Å²) in [4.78, 5) is 11.7. The van der Waals surface area contributed by atoms with Crippen LogP contribution in [0, 0.1) is 11.6 Å². The van der Waals surface area contributed by atoms with Gasteiger partial charge in [0.15, 0.2) is 0 Å². The van der Waals surface area contributed by atoms with Crippen molar-refractivity contribution in [3.63, 3.8) is 0 Å². The SMILES string of the molecule is O=C(CCc1ccc(Cl)c(Cl)c1)Nc1ccc(F)cc1F. The summed E-state index contributed by atoms with van der Waals surface area (Å²) < 4.78 is 26.1. The highest BCUT2D eigenvalue weighted by Gasteiger charge is 2.09. The fourth-order valence-electron chi connectivity index (χ4n) is 1.76. The molecule has 6 heteroatoms. The van der Waals surface area contributed by atoms with Crippen LogP contribution in [0.1, 0.15) is 12.0 Å². The summed E-state index contributed by atoms with van der Waals surface area (Å²) in [6.45, 7) is 0. The van der Waals surface area contributed by atoms with Gasteiger partial charge < -0.3 is 5.32 Å². The molecular weight excluding hydrogens is 319 g/mol. The minimum atomic E-state index is -0.808. The first-order chi connectivity index (χ1) is 9.95. The van der Waals surface area contributed by atoms with Gasteiger partial charge in [-0.3, -0.25) is 4.79 Å². The molecule has 110 valence electrons. The molecule has 2 rings (SSSR count). The summed E-state index contributed by atoms with van der Waals surface area (Å²) in [7, 11) is 0. The van der Waals surface area contributed by atoms with Crippen molar-refractivity contribution >= 4 is 34.8 Å². The number of carbonyl (C=O) groups excluding carboxylic acids is 1. The van der Waals surface area contributed by atoms with Crippen LogP contribution in [0.3, 0.4) is 0 Å². The molecule has 2 aromatic rings. The maximum absolute atomic E-state index is 13.4. The van der Waals surface area contributed by atoms with Gasteiger partial charge in [-0.15, -0.1) is 0 Å². The zero-order valence-corrected chi connectivity index (χ0v) is 12.3. The molecule has 0 aromatic heterocycles. The first kappa shape index (κ1) is 15.7. The van der Waals surface area contributed by atoms with E-state index >= 15 is 0 Å². The van der Waals surface area contributed by atoms with Crippen LogP contribution in [-0.4, -0.2) is 5.91 Å². The second-order valence-electron chi connectivity index (χ2n) is 4.42. The molecule has 21 heavy (non-hydrogen) atoms. The third-order valence-electron chi connectivity index (χ3n) is 2.83. The minimum absolute atomic E-state index is 0.0458. The summed E-state index contributed by atoms with van der Waals surface area (Å²) in [5.41, 5.74) is 0.801. The molecule has 1 N–H and O–H groups in total. The Morgan fingerprint density at radius 3 is 2.48 bits per heavy atom. The lowest BCUT2D eigenvalue weighted by Gasteiger charge is -2.07. The zero-order valence-electron chi connectivity index (χ0n) is 10.8. The monoisotopic (exact) mass is 329 g/mol. The van der Waals surface area contributed by atoms with E-state index in [0.717, 1.165) is 11.6 Å². The van der Waals surface area contributed by atoms with Crippen LogP contribution in [0.15, 0.2) is 36.4 Å². The van der Waals surface area contributed by atoms with Crippen molar-refractivity contribution in [1.29, 1.82) is 0 Å². The van der Waals surface area contributed by atoms with Crippen molar-refractivity contribution in [3.8, 4) is 0 Å². The largest absolute Gasteiger partial charge is 0.324 e.